The summed E-state index contributed by atoms with van der Waals surface area (Å²) in [6.07, 6.45) is -3.17. The number of rotatable bonds is 5. The molecule has 3 rings (SSSR count). The third-order valence-electron chi connectivity index (χ3n) is 4.06. The fourth-order valence-corrected chi connectivity index (χ4v) is 2.98. The highest BCUT2D eigenvalue weighted by Crippen LogP contribution is 2.33. The Balaban J connectivity index is 1.75. The third kappa shape index (κ3) is 4.45. The molecule has 3 aromatic rings. The largest absolute Gasteiger partial charge is 0.431 e. The van der Waals surface area contributed by atoms with Crippen LogP contribution in [0.5, 0.6) is 0 Å². The highest BCUT2D eigenvalue weighted by atomic mass is 19.4. The molecule has 0 unspecified atom stereocenters. The molecule has 0 fully saturated rings. The number of benzene rings is 1. The Hall–Kier alpha value is -2.90. The lowest BCUT2D eigenvalue weighted by Gasteiger charge is -2.18. The minimum absolute atomic E-state index is 0.0566. The Kier molecular flexibility index (Phi) is 5.16. The number of hydrogen-bond acceptors (Lipinski definition) is 2. The molecular formula is C19H17F4N3O. The number of carbonyl (C=O) groups is 1. The van der Waals surface area contributed by atoms with E-state index in [4.69, 9.17) is 0 Å². The Labute approximate surface area is 152 Å². The molecule has 1 N–H and O–H groups in total. The second-order valence-electron chi connectivity index (χ2n) is 6.33. The minimum Gasteiger partial charge on any atom is -0.352 e. The Morgan fingerprint density at radius 2 is 2.00 bits per heavy atom. The molecule has 142 valence electrons. The molecule has 0 aliphatic rings. The number of amides is 1. The van der Waals surface area contributed by atoms with Crippen molar-refractivity contribution in [2.24, 2.45) is 0 Å². The van der Waals surface area contributed by atoms with Gasteiger partial charge in [-0.1, -0.05) is 12.1 Å². The number of carbonyl (C=O) groups excluding carboxylic acids is 1. The molecule has 0 saturated heterocycles. The van der Waals surface area contributed by atoms with E-state index >= 15 is 0 Å². The van der Waals surface area contributed by atoms with Crippen LogP contribution in [-0.4, -0.2) is 21.5 Å². The molecule has 27 heavy (non-hydrogen) atoms. The summed E-state index contributed by atoms with van der Waals surface area (Å²) in [5, 5.41) is 3.03. The van der Waals surface area contributed by atoms with Gasteiger partial charge in [-0.2, -0.15) is 13.2 Å². The van der Waals surface area contributed by atoms with Crippen LogP contribution in [0.2, 0.25) is 0 Å². The van der Waals surface area contributed by atoms with Gasteiger partial charge >= 0.3 is 6.18 Å². The number of halogens is 4. The predicted molar refractivity (Wildman–Crippen MR) is 92.4 cm³/mol. The third-order valence-corrected chi connectivity index (χ3v) is 4.06. The van der Waals surface area contributed by atoms with Gasteiger partial charge in [0.15, 0.2) is 0 Å². The van der Waals surface area contributed by atoms with E-state index in [1.165, 1.54) is 24.4 Å². The lowest BCUT2D eigenvalue weighted by molar-refractivity contribution is -0.143. The second kappa shape index (κ2) is 7.38. The Bertz CT molecular complexity index is 965. The highest BCUT2D eigenvalue weighted by molar-refractivity contribution is 5.79. The predicted octanol–water partition coefficient (Wildman–Crippen LogP) is 3.94. The molecule has 0 saturated carbocycles. The summed E-state index contributed by atoms with van der Waals surface area (Å²) >= 11 is 0. The molecule has 2 heterocycles. The number of pyridine rings is 1. The van der Waals surface area contributed by atoms with E-state index in [0.717, 1.165) is 10.6 Å². The summed E-state index contributed by atoms with van der Waals surface area (Å²) in [6.45, 7) is 1.52. The van der Waals surface area contributed by atoms with Crippen LogP contribution < -0.4 is 5.32 Å². The lowest BCUT2D eigenvalue weighted by Crippen LogP contribution is -2.37. The topological polar surface area (TPSA) is 46.9 Å². The first-order valence-electron chi connectivity index (χ1n) is 8.29. The zero-order valence-corrected chi connectivity index (χ0v) is 14.4. The first kappa shape index (κ1) is 18.9. The molecule has 0 aliphatic heterocycles. The van der Waals surface area contributed by atoms with Crippen LogP contribution >= 0.6 is 0 Å². The van der Waals surface area contributed by atoms with Crippen LogP contribution in [0, 0.1) is 5.82 Å². The van der Waals surface area contributed by atoms with E-state index in [1.54, 1.807) is 25.1 Å². The van der Waals surface area contributed by atoms with E-state index in [1.807, 2.05) is 0 Å². The van der Waals surface area contributed by atoms with E-state index in [9.17, 15) is 22.4 Å². The van der Waals surface area contributed by atoms with Gasteiger partial charge in [0, 0.05) is 24.2 Å². The fraction of sp³-hybridized carbons (Fsp3) is 0.263. The normalized spacial score (nSPS) is 12.9. The summed E-state index contributed by atoms with van der Waals surface area (Å²) < 4.78 is 54.3. The van der Waals surface area contributed by atoms with Crippen molar-refractivity contribution < 1.29 is 22.4 Å². The number of nitrogens with one attached hydrogen (secondary N) is 1. The van der Waals surface area contributed by atoms with Crippen molar-refractivity contribution in [3.05, 3.63) is 65.7 Å². The molecule has 1 atom stereocenters. The summed E-state index contributed by atoms with van der Waals surface area (Å²) in [7, 11) is 0. The SMILES string of the molecule is C[C@H](Cn1c(C(F)(F)F)cc2cccnc21)NC(=O)Cc1cccc(F)c1. The Morgan fingerprint density at radius 1 is 1.22 bits per heavy atom. The molecule has 0 spiro atoms. The highest BCUT2D eigenvalue weighted by Gasteiger charge is 2.36. The fourth-order valence-electron chi connectivity index (χ4n) is 2.98. The van der Waals surface area contributed by atoms with Gasteiger partial charge in [0.25, 0.3) is 0 Å². The Morgan fingerprint density at radius 3 is 2.70 bits per heavy atom. The van der Waals surface area contributed by atoms with Gasteiger partial charge < -0.3 is 9.88 Å². The van der Waals surface area contributed by atoms with Crippen LogP contribution in [-0.2, 0) is 23.9 Å². The smallest absolute Gasteiger partial charge is 0.352 e. The summed E-state index contributed by atoms with van der Waals surface area (Å²) in [4.78, 5) is 16.2. The van der Waals surface area contributed by atoms with Crippen LogP contribution in [0.25, 0.3) is 11.0 Å². The van der Waals surface area contributed by atoms with Gasteiger partial charge in [0.1, 0.15) is 17.2 Å². The maximum absolute atomic E-state index is 13.4. The summed E-state index contributed by atoms with van der Waals surface area (Å²) in [5.74, 6) is -0.848. The van der Waals surface area contributed by atoms with Crippen LogP contribution in [0.3, 0.4) is 0 Å². The molecular weight excluding hydrogens is 362 g/mol. The standard InChI is InChI=1S/C19H17F4N3O/c1-12(25-17(27)9-13-4-2-6-15(20)8-13)11-26-16(19(21,22)23)10-14-5-3-7-24-18(14)26/h2-8,10,12H,9,11H2,1H3,(H,25,27)/t12-/m1/s1. The monoisotopic (exact) mass is 379 g/mol. The zero-order chi connectivity index (χ0) is 19.6. The van der Waals surface area contributed by atoms with Crippen molar-refractivity contribution in [2.45, 2.75) is 32.1 Å². The molecule has 8 heteroatoms. The number of aromatic nitrogens is 2. The number of alkyl halides is 3. The van der Waals surface area contributed by atoms with Crippen molar-refractivity contribution in [1.29, 1.82) is 0 Å². The zero-order valence-electron chi connectivity index (χ0n) is 14.4. The summed E-state index contributed by atoms with van der Waals surface area (Å²) in [6, 6.07) is 9.21. The van der Waals surface area contributed by atoms with Crippen LogP contribution in [0.4, 0.5) is 17.6 Å². The van der Waals surface area contributed by atoms with Crippen molar-refractivity contribution >= 4 is 16.9 Å². The quantitative estimate of drug-likeness (QED) is 0.683. The van der Waals surface area contributed by atoms with E-state index < -0.39 is 29.6 Å². The molecule has 4 nitrogen and oxygen atoms in total. The molecule has 1 amide bonds. The maximum atomic E-state index is 13.4. The maximum Gasteiger partial charge on any atom is 0.431 e. The van der Waals surface area contributed by atoms with Gasteiger partial charge in [-0.25, -0.2) is 9.37 Å². The van der Waals surface area contributed by atoms with Gasteiger partial charge in [0.05, 0.1) is 6.42 Å². The van der Waals surface area contributed by atoms with Crippen LogP contribution in [0.1, 0.15) is 18.2 Å². The van der Waals surface area contributed by atoms with Gasteiger partial charge in [-0.15, -0.1) is 0 Å². The average molecular weight is 379 g/mol. The summed E-state index contributed by atoms with van der Waals surface area (Å²) in [5.41, 5.74) is -0.123. The van der Waals surface area contributed by atoms with Crippen molar-refractivity contribution in [3.8, 4) is 0 Å². The van der Waals surface area contributed by atoms with E-state index in [-0.39, 0.29) is 18.6 Å². The van der Waals surface area contributed by atoms with Crippen molar-refractivity contribution in [2.75, 3.05) is 0 Å². The lowest BCUT2D eigenvalue weighted by atomic mass is 10.1. The average Bonchev–Trinajstić information content (AvgIpc) is 2.93. The molecule has 1 aromatic carbocycles. The number of fused-ring (bicyclic) bond motifs is 1. The molecule has 2 aromatic heterocycles. The van der Waals surface area contributed by atoms with Gasteiger partial charge in [-0.3, -0.25) is 4.79 Å². The van der Waals surface area contributed by atoms with Gasteiger partial charge in [0.2, 0.25) is 5.91 Å². The first-order chi connectivity index (χ1) is 12.7. The first-order valence-corrected chi connectivity index (χ1v) is 8.29. The molecule has 0 radical (unpaired) electrons. The molecule has 0 bridgehead atoms. The number of hydrogen-bond donors (Lipinski definition) is 1. The van der Waals surface area contributed by atoms with Crippen molar-refractivity contribution in [3.63, 3.8) is 0 Å². The van der Waals surface area contributed by atoms with Gasteiger partial charge in [-0.05, 0) is 42.8 Å². The van der Waals surface area contributed by atoms with E-state index in [2.05, 4.69) is 10.3 Å². The minimum atomic E-state index is -4.54. The van der Waals surface area contributed by atoms with Crippen molar-refractivity contribution in [1.82, 2.24) is 14.9 Å². The van der Waals surface area contributed by atoms with Crippen LogP contribution in [0.15, 0.2) is 48.7 Å². The second-order valence-corrected chi connectivity index (χ2v) is 6.33. The van der Waals surface area contributed by atoms with E-state index in [0.29, 0.717) is 10.9 Å². The number of nitrogens with zero attached hydrogens (tertiary/aromatic N) is 2. The molecule has 0 aliphatic carbocycles.